The molecule has 0 unspecified atom stereocenters. The third-order valence-electron chi connectivity index (χ3n) is 5.31. The number of ether oxygens (including phenoxy) is 2. The van der Waals surface area contributed by atoms with Gasteiger partial charge in [0.1, 0.15) is 30.7 Å². The number of halogens is 6. The Morgan fingerprint density at radius 3 is 1.17 bits per heavy atom. The van der Waals surface area contributed by atoms with Gasteiger partial charge in [0, 0.05) is 17.1 Å². The van der Waals surface area contributed by atoms with Crippen LogP contribution >= 0.6 is 0 Å². The van der Waals surface area contributed by atoms with Gasteiger partial charge >= 0.3 is 11.0 Å². The van der Waals surface area contributed by atoms with Crippen LogP contribution in [0.1, 0.15) is 37.1 Å². The quantitative estimate of drug-likeness (QED) is 0.196. The summed E-state index contributed by atoms with van der Waals surface area (Å²) in [5, 5.41) is 0. The van der Waals surface area contributed by atoms with E-state index in [1.807, 2.05) is 36.4 Å². The molecule has 2 atom stereocenters. The van der Waals surface area contributed by atoms with Crippen LogP contribution in [-0.4, -0.2) is 62.0 Å². The predicted octanol–water partition coefficient (Wildman–Crippen LogP) is 4.45. The van der Waals surface area contributed by atoms with Crippen molar-refractivity contribution in [3.05, 3.63) is 71.8 Å². The van der Waals surface area contributed by atoms with E-state index in [9.17, 15) is 26.3 Å². The fourth-order valence-electron chi connectivity index (χ4n) is 3.21. The van der Waals surface area contributed by atoms with Crippen LogP contribution in [-0.2, 0) is 46.8 Å². The summed E-state index contributed by atoms with van der Waals surface area (Å²) in [7, 11) is -12.2. The van der Waals surface area contributed by atoms with E-state index in [0.29, 0.717) is 25.0 Å². The minimum Gasteiger partial charge on any atom is -0.741 e. The van der Waals surface area contributed by atoms with Gasteiger partial charge in [-0.1, -0.05) is 60.7 Å². The van der Waals surface area contributed by atoms with Crippen LogP contribution in [0.2, 0.25) is 0 Å². The van der Waals surface area contributed by atoms with E-state index in [1.54, 1.807) is 0 Å². The number of aliphatic imine (C=N–C) groups is 2. The average molecular weight is 696 g/mol. The number of alkyl halides is 6. The van der Waals surface area contributed by atoms with Crippen LogP contribution in [0, 0.1) is 5.41 Å². The maximum Gasteiger partial charge on any atom is 0.485 e. The molecule has 0 saturated carbocycles. The molecule has 2 aromatic rings. The zero-order valence-corrected chi connectivity index (χ0v) is 24.0. The van der Waals surface area contributed by atoms with E-state index < -0.39 is 36.7 Å². The first-order valence-electron chi connectivity index (χ1n) is 11.2. The van der Waals surface area contributed by atoms with Crippen molar-refractivity contribution in [2.75, 3.05) is 13.2 Å². The van der Waals surface area contributed by atoms with E-state index in [-0.39, 0.29) is 29.2 Å². The third kappa shape index (κ3) is 10.2. The molecule has 0 aromatic heterocycles. The Balaban J connectivity index is 0.000000432. The summed E-state index contributed by atoms with van der Waals surface area (Å²) in [4.78, 5) is 9.61. The van der Waals surface area contributed by atoms with Gasteiger partial charge in [0.2, 0.25) is 0 Å². The molecule has 1 radical (unpaired) electrons. The fraction of sp³-hybridized carbons (Fsp3) is 0.391. The Kier molecular flexibility index (Phi) is 12.6. The first-order chi connectivity index (χ1) is 18.6. The Bertz CT molecular complexity index is 1340. The summed E-state index contributed by atoms with van der Waals surface area (Å²) in [6.45, 7) is 5.26. The van der Waals surface area contributed by atoms with Crippen LogP contribution in [0.4, 0.5) is 26.3 Å². The molecule has 4 rings (SSSR count). The molecule has 0 aliphatic carbocycles. The van der Waals surface area contributed by atoms with Gasteiger partial charge in [0.15, 0.2) is 32.0 Å². The van der Waals surface area contributed by atoms with Gasteiger partial charge in [0.25, 0.3) is 0 Å². The molecule has 0 N–H and O–H groups in total. The maximum absolute atomic E-state index is 10.7. The van der Waals surface area contributed by atoms with Gasteiger partial charge in [-0.3, -0.25) is 0 Å². The molecule has 0 saturated heterocycles. The van der Waals surface area contributed by atoms with E-state index in [1.165, 1.54) is 11.1 Å². The fourth-order valence-corrected chi connectivity index (χ4v) is 3.21. The van der Waals surface area contributed by atoms with Crippen LogP contribution in [0.15, 0.2) is 70.6 Å². The molecule has 0 amide bonds. The molecule has 239 valence electrons. The number of benzene rings is 2. The summed E-state index contributed by atoms with van der Waals surface area (Å²) < 4.78 is 130. The zero-order valence-electron chi connectivity index (χ0n) is 21.4. The van der Waals surface area contributed by atoms with Gasteiger partial charge in [-0.25, -0.2) is 26.8 Å². The molecule has 10 nitrogen and oxygen atoms in total. The second kappa shape index (κ2) is 14.2. The molecule has 0 fully saturated rings. The van der Waals surface area contributed by atoms with Crippen molar-refractivity contribution in [1.82, 2.24) is 0 Å². The number of rotatable bonds is 4. The molecular weight excluding hydrogens is 674 g/mol. The Morgan fingerprint density at radius 1 is 0.667 bits per heavy atom. The number of hydrogen-bond acceptors (Lipinski definition) is 10. The summed E-state index contributed by atoms with van der Waals surface area (Å²) >= 11 is 0. The van der Waals surface area contributed by atoms with Crippen molar-refractivity contribution >= 4 is 32.0 Å². The normalized spacial score (nSPS) is 18.9. The molecule has 42 heavy (non-hydrogen) atoms. The standard InChI is InChI=1S/C21H22N2O2.2CHF3O3S.Cu/c1-21(2,19-22-17(13-24-19)15-9-5-3-6-10-15)20-23-18(14-25-20)16-11-7-4-8-12-16;2*2-1(3,4)8(5,6)7;/h3-12,17-18H,13-14H2,1-2H3;2*(H,5,6,7);/p-2/t17-,18-;;;/m1.../s1. The van der Waals surface area contributed by atoms with Crippen LogP contribution in [0.25, 0.3) is 0 Å². The zero-order chi connectivity index (χ0) is 31.3. The van der Waals surface area contributed by atoms with Gasteiger partial charge in [0.05, 0.1) is 0 Å². The molecule has 19 heteroatoms. The Hall–Kier alpha value is -2.70. The van der Waals surface area contributed by atoms with Crippen molar-refractivity contribution in [1.29, 1.82) is 0 Å². The van der Waals surface area contributed by atoms with E-state index in [4.69, 9.17) is 45.4 Å². The second-order valence-electron chi connectivity index (χ2n) is 8.77. The third-order valence-corrected chi connectivity index (χ3v) is 6.44. The summed E-state index contributed by atoms with van der Waals surface area (Å²) in [5.41, 5.74) is -9.41. The number of nitrogens with zero attached hydrogens (tertiary/aromatic N) is 2. The van der Waals surface area contributed by atoms with Crippen molar-refractivity contribution in [3.63, 3.8) is 0 Å². The second-order valence-corrected chi connectivity index (χ2v) is 11.5. The minimum absolute atomic E-state index is 0. The monoisotopic (exact) mass is 695 g/mol. The molecular formula is C23H22CuF6N2O8S2-2. The van der Waals surface area contributed by atoms with Crippen molar-refractivity contribution in [3.8, 4) is 0 Å². The first kappa shape index (κ1) is 37.3. The molecule has 2 aliphatic heterocycles. The van der Waals surface area contributed by atoms with Gasteiger partial charge in [-0.05, 0) is 25.0 Å². The van der Waals surface area contributed by atoms with Crippen molar-refractivity contribution in [2.45, 2.75) is 36.9 Å². The van der Waals surface area contributed by atoms with Crippen molar-refractivity contribution < 1.29 is 78.8 Å². The summed E-state index contributed by atoms with van der Waals surface area (Å²) in [6.07, 6.45) is 0. The summed E-state index contributed by atoms with van der Waals surface area (Å²) in [5.74, 6) is 1.41. The largest absolute Gasteiger partial charge is 0.741 e. The van der Waals surface area contributed by atoms with Crippen molar-refractivity contribution in [2.24, 2.45) is 15.4 Å². The van der Waals surface area contributed by atoms with Gasteiger partial charge in [-0.2, -0.15) is 26.3 Å². The van der Waals surface area contributed by atoms with Crippen LogP contribution in [0.5, 0.6) is 0 Å². The van der Waals surface area contributed by atoms with E-state index in [2.05, 4.69) is 38.1 Å². The van der Waals surface area contributed by atoms with Gasteiger partial charge in [-0.15, -0.1) is 0 Å². The first-order valence-corrected chi connectivity index (χ1v) is 14.0. The Morgan fingerprint density at radius 2 is 0.929 bits per heavy atom. The van der Waals surface area contributed by atoms with Gasteiger partial charge < -0.3 is 18.6 Å². The molecule has 2 aliphatic rings. The average Bonchev–Trinajstić information content (AvgIpc) is 3.55. The SMILES string of the molecule is CC(C)(C1=N[C@@H](c2ccccc2)CO1)C1=N[C@@H](c2ccccc2)CO1.O=S(=O)([O-])C(F)(F)F.O=S(=O)([O-])C(F)(F)F.[Cu]. The molecule has 2 aromatic carbocycles. The molecule has 0 bridgehead atoms. The van der Waals surface area contributed by atoms with E-state index in [0.717, 1.165) is 0 Å². The minimum atomic E-state index is -6.09. The maximum atomic E-state index is 10.7. The van der Waals surface area contributed by atoms with Crippen LogP contribution in [0.3, 0.4) is 0 Å². The van der Waals surface area contributed by atoms with Crippen LogP contribution < -0.4 is 0 Å². The van der Waals surface area contributed by atoms with E-state index >= 15 is 0 Å². The summed E-state index contributed by atoms with van der Waals surface area (Å²) in [6, 6.07) is 20.6. The number of hydrogen-bond donors (Lipinski definition) is 0. The smallest absolute Gasteiger partial charge is 0.485 e. The topological polar surface area (TPSA) is 158 Å². The molecule has 0 spiro atoms. The molecule has 2 heterocycles. The Labute approximate surface area is 247 Å². The predicted molar refractivity (Wildman–Crippen MR) is 130 cm³/mol.